The van der Waals surface area contributed by atoms with E-state index in [-0.39, 0.29) is 5.78 Å². The van der Waals surface area contributed by atoms with Crippen molar-refractivity contribution in [2.24, 2.45) is 0 Å². The summed E-state index contributed by atoms with van der Waals surface area (Å²) in [6.45, 7) is 0.556. The van der Waals surface area contributed by atoms with E-state index in [0.717, 1.165) is 24.8 Å². The van der Waals surface area contributed by atoms with Crippen LogP contribution in [0.3, 0.4) is 0 Å². The molecule has 2 nitrogen and oxygen atoms in total. The number of carbonyl (C=O) groups is 1. The molecule has 2 heteroatoms. The molecule has 0 unspecified atom stereocenters. The van der Waals surface area contributed by atoms with Crippen LogP contribution < -0.4 is 0 Å². The molecule has 0 radical (unpaired) electrons. The van der Waals surface area contributed by atoms with Crippen LogP contribution in [-0.2, 0) is 13.0 Å². The Balaban J connectivity index is 2.35. The van der Waals surface area contributed by atoms with Crippen LogP contribution in [0.25, 0.3) is 0 Å². The maximum absolute atomic E-state index is 11.7. The van der Waals surface area contributed by atoms with E-state index in [1.807, 2.05) is 17.0 Å². The second-order valence-corrected chi connectivity index (χ2v) is 3.70. The normalized spacial score (nSPS) is 15.8. The minimum atomic E-state index is 0.272. The van der Waals surface area contributed by atoms with Crippen molar-refractivity contribution in [3.8, 4) is 12.3 Å². The summed E-state index contributed by atoms with van der Waals surface area (Å²) in [5.41, 5.74) is 2.06. The smallest absolute Gasteiger partial charge is 0.164 e. The number of terminal acetylenes is 1. The molecule has 72 valence electrons. The second-order valence-electron chi connectivity index (χ2n) is 3.70. The monoisotopic (exact) mass is 187 g/mol. The van der Waals surface area contributed by atoms with Crippen molar-refractivity contribution in [2.45, 2.75) is 32.2 Å². The van der Waals surface area contributed by atoms with E-state index in [9.17, 15) is 4.79 Å². The third kappa shape index (κ3) is 1.58. The Morgan fingerprint density at radius 3 is 2.93 bits per heavy atom. The first-order chi connectivity index (χ1) is 6.81. The van der Waals surface area contributed by atoms with Crippen LogP contribution in [0.5, 0.6) is 0 Å². The van der Waals surface area contributed by atoms with Gasteiger partial charge in [-0.05, 0) is 24.8 Å². The Morgan fingerprint density at radius 1 is 1.36 bits per heavy atom. The largest absolute Gasteiger partial charge is 0.342 e. The first-order valence-corrected chi connectivity index (χ1v) is 4.96. The topological polar surface area (TPSA) is 22.0 Å². The summed E-state index contributed by atoms with van der Waals surface area (Å²) >= 11 is 0. The molecule has 0 spiro atoms. The van der Waals surface area contributed by atoms with Crippen LogP contribution in [0.2, 0.25) is 0 Å². The van der Waals surface area contributed by atoms with Gasteiger partial charge in [-0.1, -0.05) is 5.92 Å². The van der Waals surface area contributed by atoms with Gasteiger partial charge in [-0.15, -0.1) is 6.42 Å². The summed E-state index contributed by atoms with van der Waals surface area (Å²) in [6, 6.07) is 0. The zero-order chi connectivity index (χ0) is 9.97. The summed E-state index contributed by atoms with van der Waals surface area (Å²) in [5, 5.41) is 0. The van der Waals surface area contributed by atoms with Crippen molar-refractivity contribution >= 4 is 5.78 Å². The number of hydrogen-bond acceptors (Lipinski definition) is 1. The summed E-state index contributed by atoms with van der Waals surface area (Å²) in [6.07, 6.45) is 13.0. The van der Waals surface area contributed by atoms with E-state index in [1.54, 1.807) is 0 Å². The Hall–Kier alpha value is -1.49. The van der Waals surface area contributed by atoms with E-state index >= 15 is 0 Å². The van der Waals surface area contributed by atoms with Gasteiger partial charge in [-0.3, -0.25) is 4.79 Å². The van der Waals surface area contributed by atoms with E-state index in [4.69, 9.17) is 6.42 Å². The van der Waals surface area contributed by atoms with Crippen LogP contribution in [0.4, 0.5) is 0 Å². The molecule has 0 aliphatic heterocycles. The van der Waals surface area contributed by atoms with E-state index in [0.29, 0.717) is 13.0 Å². The first kappa shape index (κ1) is 9.08. The fourth-order valence-corrected chi connectivity index (χ4v) is 1.94. The van der Waals surface area contributed by atoms with Crippen molar-refractivity contribution in [3.63, 3.8) is 0 Å². The number of Topliss-reactive ketones (excluding diaryl/α,β-unsaturated/α-hetero) is 1. The maximum Gasteiger partial charge on any atom is 0.164 e. The second kappa shape index (κ2) is 3.71. The van der Waals surface area contributed by atoms with Crippen molar-refractivity contribution in [1.29, 1.82) is 0 Å². The average molecular weight is 187 g/mol. The molecule has 14 heavy (non-hydrogen) atoms. The van der Waals surface area contributed by atoms with Crippen LogP contribution in [0, 0.1) is 12.3 Å². The van der Waals surface area contributed by atoms with Gasteiger partial charge in [-0.2, -0.15) is 0 Å². The molecule has 1 heterocycles. The van der Waals surface area contributed by atoms with Gasteiger partial charge >= 0.3 is 0 Å². The first-order valence-electron chi connectivity index (χ1n) is 4.96. The lowest BCUT2D eigenvalue weighted by Crippen LogP contribution is -1.97. The zero-order valence-electron chi connectivity index (χ0n) is 8.12. The molecule has 0 atom stereocenters. The molecular formula is C12H13NO. The van der Waals surface area contributed by atoms with Gasteiger partial charge in [0.2, 0.25) is 0 Å². The third-order valence-electron chi connectivity index (χ3n) is 2.64. The number of rotatable bonds is 1. The average Bonchev–Trinajstić information content (AvgIpc) is 2.49. The molecule has 1 aromatic rings. The molecule has 0 saturated heterocycles. The molecule has 0 saturated carbocycles. The fraction of sp³-hybridized carbons (Fsp3) is 0.417. The van der Waals surface area contributed by atoms with Crippen LogP contribution in [-0.4, -0.2) is 10.4 Å². The highest BCUT2D eigenvalue weighted by Gasteiger charge is 2.17. The molecule has 1 aromatic heterocycles. The third-order valence-corrected chi connectivity index (χ3v) is 2.64. The molecule has 2 rings (SSSR count). The fourth-order valence-electron chi connectivity index (χ4n) is 1.94. The number of aromatic nitrogens is 1. The van der Waals surface area contributed by atoms with E-state index < -0.39 is 0 Å². The number of aryl methyl sites for hydroxylation is 1. The number of nitrogens with zero attached hydrogens (tertiary/aromatic N) is 1. The lowest BCUT2D eigenvalue weighted by atomic mass is 10.1. The lowest BCUT2D eigenvalue weighted by molar-refractivity contribution is 0.0982. The Kier molecular flexibility index (Phi) is 2.41. The quantitative estimate of drug-likeness (QED) is 0.487. The highest BCUT2D eigenvalue weighted by atomic mass is 16.1. The molecule has 0 aromatic carbocycles. The molecule has 0 N–H and O–H groups in total. The summed E-state index contributed by atoms with van der Waals surface area (Å²) in [7, 11) is 0. The van der Waals surface area contributed by atoms with Gasteiger partial charge in [0.05, 0.1) is 6.54 Å². The van der Waals surface area contributed by atoms with Crippen LogP contribution >= 0.6 is 0 Å². The van der Waals surface area contributed by atoms with Gasteiger partial charge in [-0.25, -0.2) is 0 Å². The summed E-state index contributed by atoms with van der Waals surface area (Å²) in [4.78, 5) is 11.7. The van der Waals surface area contributed by atoms with Crippen molar-refractivity contribution in [2.75, 3.05) is 0 Å². The molecule has 0 amide bonds. The van der Waals surface area contributed by atoms with Gasteiger partial charge < -0.3 is 4.57 Å². The molecule has 0 bridgehead atoms. The van der Waals surface area contributed by atoms with Crippen LogP contribution in [0.1, 0.15) is 35.2 Å². The number of carbonyl (C=O) groups excluding carboxylic acids is 1. The Labute approximate surface area is 83.9 Å². The van der Waals surface area contributed by atoms with E-state index in [1.165, 1.54) is 5.56 Å². The van der Waals surface area contributed by atoms with Gasteiger partial charge in [0.25, 0.3) is 0 Å². The summed E-state index contributed by atoms with van der Waals surface area (Å²) < 4.78 is 1.92. The minimum Gasteiger partial charge on any atom is -0.342 e. The van der Waals surface area contributed by atoms with Crippen molar-refractivity contribution < 1.29 is 4.79 Å². The molecule has 0 fully saturated rings. The standard InChI is InChI=1S/C12H13NO/c1-2-7-13-8-10-5-3-4-6-12(14)11(10)9-13/h1,8-9H,3-7H2. The lowest BCUT2D eigenvalue weighted by Gasteiger charge is -1.94. The number of ketones is 1. The predicted octanol–water partition coefficient (Wildman–Crippen LogP) is 2.03. The Bertz CT molecular complexity index is 395. The van der Waals surface area contributed by atoms with Gasteiger partial charge in [0.1, 0.15) is 0 Å². The number of fused-ring (bicyclic) bond motifs is 1. The highest BCUT2D eigenvalue weighted by Crippen LogP contribution is 2.21. The van der Waals surface area contributed by atoms with Crippen LogP contribution in [0.15, 0.2) is 12.4 Å². The SMILES string of the molecule is C#CCn1cc2c(c1)C(=O)CCCC2. The zero-order valence-corrected chi connectivity index (χ0v) is 8.12. The molecule has 1 aliphatic carbocycles. The van der Waals surface area contributed by atoms with E-state index in [2.05, 4.69) is 5.92 Å². The minimum absolute atomic E-state index is 0.272. The Morgan fingerprint density at radius 2 is 2.14 bits per heavy atom. The maximum atomic E-state index is 11.7. The van der Waals surface area contributed by atoms with Gasteiger partial charge in [0.15, 0.2) is 5.78 Å². The number of hydrogen-bond donors (Lipinski definition) is 0. The predicted molar refractivity (Wildman–Crippen MR) is 55.2 cm³/mol. The highest BCUT2D eigenvalue weighted by molar-refractivity contribution is 5.97. The summed E-state index contributed by atoms with van der Waals surface area (Å²) in [5.74, 6) is 2.85. The molecule has 1 aliphatic rings. The van der Waals surface area contributed by atoms with Crippen molar-refractivity contribution in [3.05, 3.63) is 23.5 Å². The van der Waals surface area contributed by atoms with Crippen molar-refractivity contribution in [1.82, 2.24) is 4.57 Å². The van der Waals surface area contributed by atoms with Gasteiger partial charge in [0, 0.05) is 24.4 Å². The molecular weight excluding hydrogens is 174 g/mol.